The molecule has 0 radical (unpaired) electrons. The van der Waals surface area contributed by atoms with Gasteiger partial charge in [0.1, 0.15) is 0 Å². The van der Waals surface area contributed by atoms with Crippen LogP contribution < -0.4 is 14.8 Å². The Morgan fingerprint density at radius 1 is 1.17 bits per heavy atom. The molecule has 0 amide bonds. The number of methoxy groups -OCH3 is 2. The predicted molar refractivity (Wildman–Crippen MR) is 92.6 cm³/mol. The minimum atomic E-state index is 0.759. The number of nitrogens with one attached hydrogen (secondary N) is 1. The van der Waals surface area contributed by atoms with Crippen molar-refractivity contribution in [3.8, 4) is 11.5 Å². The summed E-state index contributed by atoms with van der Waals surface area (Å²) >= 11 is 1.73. The summed E-state index contributed by atoms with van der Waals surface area (Å²) < 4.78 is 10.6. The molecule has 0 unspecified atom stereocenters. The molecule has 3 rings (SSSR count). The highest BCUT2D eigenvalue weighted by atomic mass is 32.1. The van der Waals surface area contributed by atoms with Crippen LogP contribution in [0.3, 0.4) is 0 Å². The van der Waals surface area contributed by atoms with E-state index in [4.69, 9.17) is 14.5 Å². The van der Waals surface area contributed by atoms with Crippen LogP contribution in [0.1, 0.15) is 16.3 Å². The summed E-state index contributed by atoms with van der Waals surface area (Å²) in [5, 5.41) is 6.70. The van der Waals surface area contributed by atoms with Crippen LogP contribution in [0.25, 0.3) is 0 Å². The van der Waals surface area contributed by atoms with Gasteiger partial charge in [-0.2, -0.15) is 0 Å². The van der Waals surface area contributed by atoms with Gasteiger partial charge in [0.2, 0.25) is 0 Å². The number of rotatable bonds is 6. The SMILES string of the molecule is COc1ccc(Cc2nc(CN3CCNCC3)cs2)cc1OC. The van der Waals surface area contributed by atoms with Gasteiger partial charge < -0.3 is 14.8 Å². The second-order valence-electron chi connectivity index (χ2n) is 5.62. The summed E-state index contributed by atoms with van der Waals surface area (Å²) in [5.74, 6) is 1.53. The monoisotopic (exact) mass is 333 g/mol. The molecule has 1 aliphatic heterocycles. The summed E-state index contributed by atoms with van der Waals surface area (Å²) in [6.45, 7) is 5.29. The van der Waals surface area contributed by atoms with E-state index in [1.807, 2.05) is 12.1 Å². The molecule has 1 aromatic carbocycles. The summed E-state index contributed by atoms with van der Waals surface area (Å²) in [6.07, 6.45) is 0.826. The van der Waals surface area contributed by atoms with Gasteiger partial charge in [-0.15, -0.1) is 11.3 Å². The molecule has 124 valence electrons. The quantitative estimate of drug-likeness (QED) is 0.878. The van der Waals surface area contributed by atoms with Gasteiger partial charge in [-0.05, 0) is 17.7 Å². The number of piperazine rings is 1. The highest BCUT2D eigenvalue weighted by Crippen LogP contribution is 2.28. The molecule has 0 atom stereocenters. The van der Waals surface area contributed by atoms with Crippen molar-refractivity contribution in [1.29, 1.82) is 0 Å². The second kappa shape index (κ2) is 7.77. The van der Waals surface area contributed by atoms with E-state index in [9.17, 15) is 0 Å². The van der Waals surface area contributed by atoms with E-state index in [0.717, 1.165) is 55.7 Å². The molecular formula is C17H23N3O2S. The number of nitrogens with zero attached hydrogens (tertiary/aromatic N) is 2. The molecule has 23 heavy (non-hydrogen) atoms. The van der Waals surface area contributed by atoms with Crippen LogP contribution in [-0.4, -0.2) is 50.3 Å². The normalized spacial score (nSPS) is 15.6. The van der Waals surface area contributed by atoms with Crippen LogP contribution in [0.4, 0.5) is 0 Å². The van der Waals surface area contributed by atoms with Gasteiger partial charge >= 0.3 is 0 Å². The van der Waals surface area contributed by atoms with E-state index in [0.29, 0.717) is 0 Å². The van der Waals surface area contributed by atoms with Crippen LogP contribution in [0.5, 0.6) is 11.5 Å². The highest BCUT2D eigenvalue weighted by molar-refractivity contribution is 7.09. The fraction of sp³-hybridized carbons (Fsp3) is 0.471. The number of ether oxygens (including phenoxy) is 2. The Hall–Kier alpha value is -1.63. The minimum absolute atomic E-state index is 0.759. The number of hydrogen-bond donors (Lipinski definition) is 1. The fourth-order valence-electron chi connectivity index (χ4n) is 2.77. The van der Waals surface area contributed by atoms with Crippen LogP contribution in [-0.2, 0) is 13.0 Å². The maximum atomic E-state index is 5.37. The second-order valence-corrected chi connectivity index (χ2v) is 6.57. The standard InChI is InChI=1S/C17H23N3O2S/c1-21-15-4-3-13(9-16(15)22-2)10-17-19-14(12-23-17)11-20-7-5-18-6-8-20/h3-4,9,12,18H,5-8,10-11H2,1-2H3. The van der Waals surface area contributed by atoms with Gasteiger partial charge in [0.15, 0.2) is 11.5 Å². The lowest BCUT2D eigenvalue weighted by Gasteiger charge is -2.26. The zero-order valence-corrected chi connectivity index (χ0v) is 14.5. The van der Waals surface area contributed by atoms with Crippen LogP contribution in [0.2, 0.25) is 0 Å². The van der Waals surface area contributed by atoms with Gasteiger partial charge in [0, 0.05) is 44.5 Å². The van der Waals surface area contributed by atoms with E-state index in [2.05, 4.69) is 21.7 Å². The highest BCUT2D eigenvalue weighted by Gasteiger charge is 2.12. The summed E-state index contributed by atoms with van der Waals surface area (Å²) in [6, 6.07) is 6.04. The first kappa shape index (κ1) is 16.2. The molecule has 5 nitrogen and oxygen atoms in total. The lowest BCUT2D eigenvalue weighted by molar-refractivity contribution is 0.231. The van der Waals surface area contributed by atoms with Crippen LogP contribution >= 0.6 is 11.3 Å². The zero-order valence-electron chi connectivity index (χ0n) is 13.7. The topological polar surface area (TPSA) is 46.6 Å². The van der Waals surface area contributed by atoms with Crippen molar-refractivity contribution in [2.75, 3.05) is 40.4 Å². The van der Waals surface area contributed by atoms with Crippen LogP contribution in [0, 0.1) is 0 Å². The molecule has 1 fully saturated rings. The van der Waals surface area contributed by atoms with Crippen LogP contribution in [0.15, 0.2) is 23.6 Å². The molecule has 1 aliphatic rings. The van der Waals surface area contributed by atoms with E-state index in [1.54, 1.807) is 25.6 Å². The molecule has 0 saturated carbocycles. The van der Waals surface area contributed by atoms with Crippen molar-refractivity contribution in [1.82, 2.24) is 15.2 Å². The molecule has 0 aliphatic carbocycles. The van der Waals surface area contributed by atoms with Gasteiger partial charge in [0.05, 0.1) is 24.9 Å². The summed E-state index contributed by atoms with van der Waals surface area (Å²) in [7, 11) is 3.32. The minimum Gasteiger partial charge on any atom is -0.493 e. The molecule has 1 saturated heterocycles. The summed E-state index contributed by atoms with van der Waals surface area (Å²) in [5.41, 5.74) is 2.36. The Balaban J connectivity index is 1.64. The largest absolute Gasteiger partial charge is 0.493 e. The number of aromatic nitrogens is 1. The molecule has 1 aromatic heterocycles. The molecule has 2 heterocycles. The smallest absolute Gasteiger partial charge is 0.160 e. The Kier molecular flexibility index (Phi) is 5.48. The maximum absolute atomic E-state index is 5.37. The predicted octanol–water partition coefficient (Wildman–Crippen LogP) is 2.16. The van der Waals surface area contributed by atoms with Gasteiger partial charge in [0.25, 0.3) is 0 Å². The van der Waals surface area contributed by atoms with E-state index in [-0.39, 0.29) is 0 Å². The van der Waals surface area contributed by atoms with Gasteiger partial charge in [-0.3, -0.25) is 4.90 Å². The van der Waals surface area contributed by atoms with Crippen molar-refractivity contribution in [2.24, 2.45) is 0 Å². The third kappa shape index (κ3) is 4.22. The fourth-order valence-corrected chi connectivity index (χ4v) is 3.59. The summed E-state index contributed by atoms with van der Waals surface area (Å²) in [4.78, 5) is 7.23. The number of benzene rings is 1. The maximum Gasteiger partial charge on any atom is 0.160 e. The number of hydrogen-bond acceptors (Lipinski definition) is 6. The first-order chi connectivity index (χ1) is 11.3. The Bertz CT molecular complexity index is 639. The van der Waals surface area contributed by atoms with Crippen molar-refractivity contribution in [3.05, 3.63) is 39.8 Å². The zero-order chi connectivity index (χ0) is 16.1. The van der Waals surface area contributed by atoms with E-state index in [1.165, 1.54) is 11.3 Å². The third-order valence-electron chi connectivity index (χ3n) is 4.00. The first-order valence-electron chi connectivity index (χ1n) is 7.85. The Labute approximate surface area is 141 Å². The van der Waals surface area contributed by atoms with E-state index < -0.39 is 0 Å². The number of thiazole rings is 1. The third-order valence-corrected chi connectivity index (χ3v) is 4.90. The van der Waals surface area contributed by atoms with Crippen molar-refractivity contribution in [2.45, 2.75) is 13.0 Å². The molecule has 1 N–H and O–H groups in total. The molecule has 0 bridgehead atoms. The average Bonchev–Trinajstić information content (AvgIpc) is 3.02. The Morgan fingerprint density at radius 3 is 2.70 bits per heavy atom. The lowest BCUT2D eigenvalue weighted by Crippen LogP contribution is -2.42. The van der Waals surface area contributed by atoms with Gasteiger partial charge in [-0.25, -0.2) is 4.98 Å². The van der Waals surface area contributed by atoms with Crippen molar-refractivity contribution in [3.63, 3.8) is 0 Å². The van der Waals surface area contributed by atoms with E-state index >= 15 is 0 Å². The van der Waals surface area contributed by atoms with Crippen molar-refractivity contribution >= 4 is 11.3 Å². The molecule has 0 spiro atoms. The van der Waals surface area contributed by atoms with Crippen molar-refractivity contribution < 1.29 is 9.47 Å². The lowest BCUT2D eigenvalue weighted by atomic mass is 10.1. The average molecular weight is 333 g/mol. The van der Waals surface area contributed by atoms with Gasteiger partial charge in [-0.1, -0.05) is 6.07 Å². The first-order valence-corrected chi connectivity index (χ1v) is 8.73. The molecular weight excluding hydrogens is 310 g/mol. The molecule has 2 aromatic rings. The Morgan fingerprint density at radius 2 is 1.96 bits per heavy atom. The molecule has 6 heteroatoms.